The van der Waals surface area contributed by atoms with Crippen molar-refractivity contribution in [1.29, 1.82) is 0 Å². The largest absolute Gasteiger partial charge is 0.467 e. The molecule has 1 aromatic rings. The summed E-state index contributed by atoms with van der Waals surface area (Å²) < 4.78 is 10.1. The van der Waals surface area contributed by atoms with E-state index in [-0.39, 0.29) is 12.0 Å². The van der Waals surface area contributed by atoms with Crippen LogP contribution in [0.1, 0.15) is 12.8 Å². The predicted octanol–water partition coefficient (Wildman–Crippen LogP) is 0.0639. The van der Waals surface area contributed by atoms with Crippen LogP contribution in [0.15, 0.2) is 0 Å². The molecule has 1 aliphatic rings. The molecule has 0 radical (unpaired) electrons. The van der Waals surface area contributed by atoms with Crippen molar-refractivity contribution in [2.75, 3.05) is 38.8 Å². The number of nitrogens with zero attached hydrogens (tertiary/aromatic N) is 4. The van der Waals surface area contributed by atoms with Crippen LogP contribution in [0.3, 0.4) is 0 Å². The molecular weight excluding hydrogens is 234 g/mol. The molecule has 0 unspecified atom stereocenters. The van der Waals surface area contributed by atoms with Crippen LogP contribution in [-0.2, 0) is 0 Å². The Morgan fingerprint density at radius 1 is 1.11 bits per heavy atom. The van der Waals surface area contributed by atoms with E-state index in [0.717, 1.165) is 32.5 Å². The van der Waals surface area contributed by atoms with E-state index in [1.807, 2.05) is 0 Å². The van der Waals surface area contributed by atoms with E-state index in [4.69, 9.17) is 15.2 Å². The van der Waals surface area contributed by atoms with E-state index in [2.05, 4.69) is 19.9 Å². The average molecular weight is 253 g/mol. The van der Waals surface area contributed by atoms with Gasteiger partial charge in [-0.05, 0) is 25.3 Å². The molecule has 7 nitrogen and oxygen atoms in total. The molecule has 0 aromatic carbocycles. The molecule has 0 atom stereocenters. The molecule has 2 N–H and O–H groups in total. The topological polar surface area (TPSA) is 86.4 Å². The molecule has 0 bridgehead atoms. The van der Waals surface area contributed by atoms with Crippen molar-refractivity contribution in [2.24, 2.45) is 11.7 Å². The number of methoxy groups -OCH3 is 2. The van der Waals surface area contributed by atoms with Crippen LogP contribution >= 0.6 is 0 Å². The molecule has 2 heterocycles. The molecule has 0 saturated carbocycles. The summed E-state index contributed by atoms with van der Waals surface area (Å²) in [5.41, 5.74) is 5.68. The van der Waals surface area contributed by atoms with Gasteiger partial charge >= 0.3 is 12.0 Å². The molecule has 0 aliphatic carbocycles. The molecule has 1 aliphatic heterocycles. The third kappa shape index (κ3) is 2.79. The molecule has 7 heteroatoms. The van der Waals surface area contributed by atoms with Gasteiger partial charge in [0.1, 0.15) is 0 Å². The van der Waals surface area contributed by atoms with Crippen LogP contribution in [0, 0.1) is 5.92 Å². The first kappa shape index (κ1) is 12.8. The molecule has 0 amide bonds. The van der Waals surface area contributed by atoms with Gasteiger partial charge in [-0.1, -0.05) is 0 Å². The van der Waals surface area contributed by atoms with Gasteiger partial charge in [-0.2, -0.15) is 9.97 Å². The quantitative estimate of drug-likeness (QED) is 0.812. The van der Waals surface area contributed by atoms with Gasteiger partial charge in [0, 0.05) is 13.1 Å². The summed E-state index contributed by atoms with van der Waals surface area (Å²) >= 11 is 0. The average Bonchev–Trinajstić information content (AvgIpc) is 2.46. The van der Waals surface area contributed by atoms with Gasteiger partial charge in [-0.15, -0.1) is 4.98 Å². The number of hydrogen-bond donors (Lipinski definition) is 1. The second-order valence-electron chi connectivity index (χ2n) is 4.27. The van der Waals surface area contributed by atoms with Crippen molar-refractivity contribution >= 4 is 5.95 Å². The lowest BCUT2D eigenvalue weighted by molar-refractivity contribution is 0.337. The van der Waals surface area contributed by atoms with Crippen molar-refractivity contribution < 1.29 is 9.47 Å². The van der Waals surface area contributed by atoms with Crippen molar-refractivity contribution in [3.8, 4) is 12.0 Å². The maximum Gasteiger partial charge on any atom is 0.324 e. The second kappa shape index (κ2) is 5.81. The van der Waals surface area contributed by atoms with Gasteiger partial charge in [0.2, 0.25) is 5.95 Å². The van der Waals surface area contributed by atoms with Crippen molar-refractivity contribution in [3.05, 3.63) is 0 Å². The summed E-state index contributed by atoms with van der Waals surface area (Å²) in [5, 5.41) is 0. The highest BCUT2D eigenvalue weighted by atomic mass is 16.5. The predicted molar refractivity (Wildman–Crippen MR) is 66.9 cm³/mol. The van der Waals surface area contributed by atoms with Crippen LogP contribution < -0.4 is 20.1 Å². The standard InChI is InChI=1S/C11H19N5O2/c1-17-10-13-9(14-11(15-10)18-2)16-5-3-8(7-12)4-6-16/h8H,3-7,12H2,1-2H3. The van der Waals surface area contributed by atoms with E-state index in [1.54, 1.807) is 0 Å². The lowest BCUT2D eigenvalue weighted by Crippen LogP contribution is -2.37. The smallest absolute Gasteiger partial charge is 0.324 e. The summed E-state index contributed by atoms with van der Waals surface area (Å²) in [5.74, 6) is 1.21. The Hall–Kier alpha value is -1.63. The Labute approximate surface area is 106 Å². The van der Waals surface area contributed by atoms with Crippen LogP contribution in [0.2, 0.25) is 0 Å². The van der Waals surface area contributed by atoms with Crippen molar-refractivity contribution in [1.82, 2.24) is 15.0 Å². The summed E-state index contributed by atoms with van der Waals surface area (Å²) in [7, 11) is 3.05. The first-order valence-electron chi connectivity index (χ1n) is 6.06. The zero-order chi connectivity index (χ0) is 13.0. The fourth-order valence-corrected chi connectivity index (χ4v) is 2.02. The molecule has 18 heavy (non-hydrogen) atoms. The van der Waals surface area contributed by atoms with E-state index < -0.39 is 0 Å². The molecule has 100 valence electrons. The van der Waals surface area contributed by atoms with Crippen LogP contribution in [-0.4, -0.2) is 48.8 Å². The van der Waals surface area contributed by atoms with Gasteiger partial charge in [-0.3, -0.25) is 0 Å². The molecule has 1 aromatic heterocycles. The molecule has 0 spiro atoms. The zero-order valence-electron chi connectivity index (χ0n) is 10.8. The maximum atomic E-state index is 5.68. The van der Waals surface area contributed by atoms with Crippen molar-refractivity contribution in [3.63, 3.8) is 0 Å². The lowest BCUT2D eigenvalue weighted by atomic mass is 9.97. The Balaban J connectivity index is 2.13. The first-order chi connectivity index (χ1) is 8.76. The highest BCUT2D eigenvalue weighted by Crippen LogP contribution is 2.22. The lowest BCUT2D eigenvalue weighted by Gasteiger charge is -2.31. The fraction of sp³-hybridized carbons (Fsp3) is 0.727. The number of hydrogen-bond acceptors (Lipinski definition) is 7. The minimum atomic E-state index is 0.276. The third-order valence-corrected chi connectivity index (χ3v) is 3.18. The Kier molecular flexibility index (Phi) is 4.14. The molecular formula is C11H19N5O2. The molecule has 2 rings (SSSR count). The highest BCUT2D eigenvalue weighted by molar-refractivity contribution is 5.32. The Bertz CT molecular complexity index is 371. The van der Waals surface area contributed by atoms with Crippen LogP contribution in [0.4, 0.5) is 5.95 Å². The number of piperidine rings is 1. The van der Waals surface area contributed by atoms with Gasteiger partial charge < -0.3 is 20.1 Å². The van der Waals surface area contributed by atoms with Gasteiger partial charge in [0.15, 0.2) is 0 Å². The summed E-state index contributed by atoms with van der Waals surface area (Å²) in [4.78, 5) is 14.6. The second-order valence-corrected chi connectivity index (χ2v) is 4.27. The minimum Gasteiger partial charge on any atom is -0.467 e. The summed E-state index contributed by atoms with van der Waals surface area (Å²) in [6.07, 6.45) is 2.12. The number of anilines is 1. The van der Waals surface area contributed by atoms with Crippen molar-refractivity contribution in [2.45, 2.75) is 12.8 Å². The summed E-state index contributed by atoms with van der Waals surface area (Å²) in [6, 6.07) is 0.551. The van der Waals surface area contributed by atoms with E-state index in [1.165, 1.54) is 14.2 Å². The monoisotopic (exact) mass is 253 g/mol. The summed E-state index contributed by atoms with van der Waals surface area (Å²) in [6.45, 7) is 2.55. The van der Waals surface area contributed by atoms with E-state index >= 15 is 0 Å². The number of rotatable bonds is 4. The maximum absolute atomic E-state index is 5.68. The molecule has 1 fully saturated rings. The molecule has 1 saturated heterocycles. The van der Waals surface area contributed by atoms with Crippen LogP contribution in [0.5, 0.6) is 12.0 Å². The Morgan fingerprint density at radius 2 is 1.67 bits per heavy atom. The SMILES string of the molecule is COc1nc(OC)nc(N2CCC(CN)CC2)n1. The van der Waals surface area contributed by atoms with E-state index in [0.29, 0.717) is 11.9 Å². The number of ether oxygens (including phenoxy) is 2. The third-order valence-electron chi connectivity index (χ3n) is 3.18. The number of aromatic nitrogens is 3. The normalized spacial score (nSPS) is 16.7. The van der Waals surface area contributed by atoms with Crippen LogP contribution in [0.25, 0.3) is 0 Å². The highest BCUT2D eigenvalue weighted by Gasteiger charge is 2.21. The minimum absolute atomic E-state index is 0.276. The number of nitrogens with two attached hydrogens (primary N) is 1. The first-order valence-corrected chi connectivity index (χ1v) is 6.06. The zero-order valence-corrected chi connectivity index (χ0v) is 10.8. The fourth-order valence-electron chi connectivity index (χ4n) is 2.02. The van der Waals surface area contributed by atoms with Gasteiger partial charge in [0.25, 0.3) is 0 Å². The van der Waals surface area contributed by atoms with E-state index in [9.17, 15) is 0 Å². The van der Waals surface area contributed by atoms with Gasteiger partial charge in [-0.25, -0.2) is 0 Å². The van der Waals surface area contributed by atoms with Gasteiger partial charge in [0.05, 0.1) is 14.2 Å². The Morgan fingerprint density at radius 3 is 2.11 bits per heavy atom.